The van der Waals surface area contributed by atoms with E-state index in [2.05, 4.69) is 11.8 Å². The fourth-order valence-corrected chi connectivity index (χ4v) is 1.93. The first-order chi connectivity index (χ1) is 8.93. The molecule has 0 bridgehead atoms. The van der Waals surface area contributed by atoms with Gasteiger partial charge in [-0.25, -0.2) is 4.79 Å². The molecule has 1 aromatic heterocycles. The van der Waals surface area contributed by atoms with E-state index in [4.69, 9.17) is 0 Å². The summed E-state index contributed by atoms with van der Waals surface area (Å²) in [5.41, 5.74) is 1.44. The van der Waals surface area contributed by atoms with Gasteiger partial charge in [-0.2, -0.15) is 0 Å². The summed E-state index contributed by atoms with van der Waals surface area (Å²) in [7, 11) is 5.47. The molecule has 0 saturated heterocycles. The number of aromatic carboxylic acids is 1. The number of carbonyl (C=O) groups excluding carboxylic acids is 1. The Morgan fingerprint density at radius 2 is 2.11 bits per heavy atom. The van der Waals surface area contributed by atoms with Gasteiger partial charge in [-0.3, -0.25) is 9.69 Å². The summed E-state index contributed by atoms with van der Waals surface area (Å²) in [4.78, 5) is 24.3. The van der Waals surface area contributed by atoms with E-state index >= 15 is 0 Å². The molecular formula is C14H18N2O3. The van der Waals surface area contributed by atoms with E-state index in [9.17, 15) is 14.7 Å². The van der Waals surface area contributed by atoms with Gasteiger partial charge >= 0.3 is 5.97 Å². The summed E-state index contributed by atoms with van der Waals surface area (Å²) >= 11 is 0. The molecule has 1 aromatic rings. The lowest BCUT2D eigenvalue weighted by molar-refractivity contribution is 0.0692. The summed E-state index contributed by atoms with van der Waals surface area (Å²) in [6.07, 6.45) is 1.09. The van der Waals surface area contributed by atoms with Crippen LogP contribution in [0.2, 0.25) is 0 Å². The van der Waals surface area contributed by atoms with Crippen LogP contribution in [0.25, 0.3) is 0 Å². The van der Waals surface area contributed by atoms with E-state index in [0.717, 1.165) is 0 Å². The summed E-state index contributed by atoms with van der Waals surface area (Å²) in [6, 6.07) is 0. The highest BCUT2D eigenvalue weighted by Gasteiger charge is 2.23. The van der Waals surface area contributed by atoms with Crippen LogP contribution in [-0.2, 0) is 13.5 Å². The largest absolute Gasteiger partial charge is 0.478 e. The monoisotopic (exact) mass is 262 g/mol. The maximum absolute atomic E-state index is 11.3. The van der Waals surface area contributed by atoms with Crippen molar-refractivity contribution in [3.63, 3.8) is 0 Å². The SMILES string of the molecule is CCc1c(C(=O)O)c(C=O)n(C)c1C#CCN(C)C. The molecule has 1 N–H and O–H groups in total. The molecule has 0 aliphatic rings. The third kappa shape index (κ3) is 3.04. The van der Waals surface area contributed by atoms with Crippen molar-refractivity contribution in [1.29, 1.82) is 0 Å². The lowest BCUT2D eigenvalue weighted by Gasteiger charge is -2.02. The molecule has 1 rings (SSSR count). The third-order valence-corrected chi connectivity index (χ3v) is 2.82. The fourth-order valence-electron chi connectivity index (χ4n) is 1.93. The fraction of sp³-hybridized carbons (Fsp3) is 0.429. The van der Waals surface area contributed by atoms with E-state index in [-0.39, 0.29) is 11.3 Å². The predicted molar refractivity (Wildman–Crippen MR) is 72.6 cm³/mol. The van der Waals surface area contributed by atoms with Crippen LogP contribution in [0.4, 0.5) is 0 Å². The molecule has 5 heteroatoms. The summed E-state index contributed by atoms with van der Waals surface area (Å²) in [5, 5.41) is 9.23. The summed E-state index contributed by atoms with van der Waals surface area (Å²) < 4.78 is 1.55. The van der Waals surface area contributed by atoms with E-state index in [0.29, 0.717) is 30.5 Å². The second kappa shape index (κ2) is 6.21. The Bertz CT molecular complexity index is 559. The minimum Gasteiger partial charge on any atom is -0.478 e. The smallest absolute Gasteiger partial charge is 0.338 e. The Morgan fingerprint density at radius 3 is 2.53 bits per heavy atom. The van der Waals surface area contributed by atoms with Gasteiger partial charge in [0.2, 0.25) is 0 Å². The number of carboxylic acids is 1. The highest BCUT2D eigenvalue weighted by Crippen LogP contribution is 2.21. The van der Waals surface area contributed by atoms with E-state index in [1.807, 2.05) is 25.9 Å². The second-order valence-corrected chi connectivity index (χ2v) is 4.46. The Morgan fingerprint density at radius 1 is 1.47 bits per heavy atom. The van der Waals surface area contributed by atoms with Crippen molar-refractivity contribution in [3.8, 4) is 11.8 Å². The maximum Gasteiger partial charge on any atom is 0.338 e. The van der Waals surface area contributed by atoms with Crippen LogP contribution in [0.1, 0.15) is 39.0 Å². The van der Waals surface area contributed by atoms with E-state index in [1.165, 1.54) is 0 Å². The molecule has 0 atom stereocenters. The highest BCUT2D eigenvalue weighted by molar-refractivity contribution is 5.98. The molecular weight excluding hydrogens is 244 g/mol. The van der Waals surface area contributed by atoms with Crippen LogP contribution in [0, 0.1) is 11.8 Å². The summed E-state index contributed by atoms with van der Waals surface area (Å²) in [5.74, 6) is 4.84. The van der Waals surface area contributed by atoms with Gasteiger partial charge in [0.05, 0.1) is 23.5 Å². The van der Waals surface area contributed by atoms with Gasteiger partial charge in [-0.1, -0.05) is 12.8 Å². The zero-order valence-electron chi connectivity index (χ0n) is 11.6. The number of aldehydes is 1. The number of aromatic nitrogens is 1. The van der Waals surface area contributed by atoms with Gasteiger partial charge < -0.3 is 9.67 Å². The second-order valence-electron chi connectivity index (χ2n) is 4.46. The van der Waals surface area contributed by atoms with Gasteiger partial charge in [0, 0.05) is 12.6 Å². The average molecular weight is 262 g/mol. The lowest BCUT2D eigenvalue weighted by Crippen LogP contribution is -2.11. The number of hydrogen-bond acceptors (Lipinski definition) is 3. The predicted octanol–water partition coefficient (Wildman–Crippen LogP) is 1.01. The normalized spacial score (nSPS) is 10.2. The quantitative estimate of drug-likeness (QED) is 0.650. The van der Waals surface area contributed by atoms with Crippen LogP contribution in [0.15, 0.2) is 0 Å². The van der Waals surface area contributed by atoms with Crippen LogP contribution in [0.3, 0.4) is 0 Å². The maximum atomic E-state index is 11.3. The Balaban J connectivity index is 3.42. The van der Waals surface area contributed by atoms with Gasteiger partial charge in [0.1, 0.15) is 0 Å². The molecule has 0 fully saturated rings. The number of hydrogen-bond donors (Lipinski definition) is 1. The first-order valence-corrected chi connectivity index (χ1v) is 5.97. The van der Waals surface area contributed by atoms with Gasteiger partial charge in [-0.15, -0.1) is 0 Å². The molecule has 0 aliphatic heterocycles. The molecule has 0 amide bonds. The molecule has 0 spiro atoms. The van der Waals surface area contributed by atoms with Gasteiger partial charge in [0.25, 0.3) is 0 Å². The molecule has 0 aliphatic carbocycles. The molecule has 0 unspecified atom stereocenters. The minimum absolute atomic E-state index is 0.0640. The molecule has 1 heterocycles. The zero-order valence-corrected chi connectivity index (χ0v) is 11.6. The van der Waals surface area contributed by atoms with Crippen molar-refractivity contribution in [1.82, 2.24) is 9.47 Å². The molecule has 0 saturated carbocycles. The van der Waals surface area contributed by atoms with Crippen molar-refractivity contribution in [3.05, 3.63) is 22.5 Å². The van der Waals surface area contributed by atoms with Crippen LogP contribution in [0.5, 0.6) is 0 Å². The topological polar surface area (TPSA) is 62.5 Å². The molecule has 102 valence electrons. The van der Waals surface area contributed by atoms with Crippen LogP contribution < -0.4 is 0 Å². The molecule has 0 radical (unpaired) electrons. The van der Waals surface area contributed by atoms with Crippen molar-refractivity contribution in [2.45, 2.75) is 13.3 Å². The number of carbonyl (C=O) groups is 2. The average Bonchev–Trinajstić information content (AvgIpc) is 2.61. The van der Waals surface area contributed by atoms with Gasteiger partial charge in [-0.05, 0) is 26.4 Å². The van der Waals surface area contributed by atoms with Crippen molar-refractivity contribution < 1.29 is 14.7 Å². The Kier molecular flexibility index (Phi) is 4.90. The van der Waals surface area contributed by atoms with Crippen LogP contribution in [-0.4, -0.2) is 47.5 Å². The Hall–Kier alpha value is -2.06. The molecule has 0 aromatic carbocycles. The standard InChI is InChI=1S/C14H18N2O3/c1-5-10-11(7-6-8-15(2)3)16(4)12(9-17)13(10)14(18)19/h9H,5,8H2,1-4H3,(H,18,19). The van der Waals surface area contributed by atoms with Crippen molar-refractivity contribution in [2.24, 2.45) is 7.05 Å². The van der Waals surface area contributed by atoms with Crippen molar-refractivity contribution in [2.75, 3.05) is 20.6 Å². The first kappa shape index (κ1) is 15.0. The van der Waals surface area contributed by atoms with Crippen molar-refractivity contribution >= 4 is 12.3 Å². The van der Waals surface area contributed by atoms with E-state index in [1.54, 1.807) is 11.6 Å². The number of nitrogens with zero attached hydrogens (tertiary/aromatic N) is 2. The van der Waals surface area contributed by atoms with Crippen LogP contribution >= 0.6 is 0 Å². The number of rotatable bonds is 4. The van der Waals surface area contributed by atoms with Gasteiger partial charge in [0.15, 0.2) is 6.29 Å². The first-order valence-electron chi connectivity index (χ1n) is 5.97. The molecule has 19 heavy (non-hydrogen) atoms. The summed E-state index contributed by atoms with van der Waals surface area (Å²) in [6.45, 7) is 2.43. The number of carboxylic acid groups (broad SMARTS) is 1. The highest BCUT2D eigenvalue weighted by atomic mass is 16.4. The Labute approximate surface area is 112 Å². The third-order valence-electron chi connectivity index (χ3n) is 2.82. The zero-order chi connectivity index (χ0) is 14.6. The molecule has 5 nitrogen and oxygen atoms in total. The minimum atomic E-state index is -1.09. The lowest BCUT2D eigenvalue weighted by atomic mass is 10.1. The van der Waals surface area contributed by atoms with E-state index < -0.39 is 5.97 Å².